The molecule has 0 unspecified atom stereocenters. The molecule has 4 rings (SSSR count). The highest BCUT2D eigenvalue weighted by atomic mass is 16.6. The maximum absolute atomic E-state index is 13.1. The first kappa shape index (κ1) is 18.1. The molecule has 27 heavy (non-hydrogen) atoms. The average molecular weight is 375 g/mol. The summed E-state index contributed by atoms with van der Waals surface area (Å²) >= 11 is 0. The number of ether oxygens (including phenoxy) is 3. The van der Waals surface area contributed by atoms with Crippen LogP contribution >= 0.6 is 0 Å². The third kappa shape index (κ3) is 4.03. The van der Waals surface area contributed by atoms with E-state index in [1.165, 1.54) is 0 Å². The third-order valence-corrected chi connectivity index (χ3v) is 5.58. The first-order valence-electron chi connectivity index (χ1n) is 9.63. The molecule has 1 amide bonds. The van der Waals surface area contributed by atoms with Gasteiger partial charge in [0.2, 0.25) is 5.91 Å². The van der Waals surface area contributed by atoms with Gasteiger partial charge in [-0.2, -0.15) is 0 Å². The number of carbonyl (C=O) groups excluding carboxylic acids is 1. The maximum Gasteiger partial charge on any atom is 0.305 e. The van der Waals surface area contributed by atoms with Crippen molar-refractivity contribution in [2.45, 2.75) is 37.6 Å². The van der Waals surface area contributed by atoms with Gasteiger partial charge in [-0.25, -0.2) is 0 Å². The predicted octanol–water partition coefficient (Wildman–Crippen LogP) is 2.04. The molecule has 2 atom stereocenters. The van der Waals surface area contributed by atoms with Crippen LogP contribution < -0.4 is 9.47 Å². The van der Waals surface area contributed by atoms with Gasteiger partial charge in [0.05, 0.1) is 6.42 Å². The van der Waals surface area contributed by atoms with Crippen molar-refractivity contribution in [1.29, 1.82) is 0 Å². The summed E-state index contributed by atoms with van der Waals surface area (Å²) in [5, 5.41) is 9.05. The zero-order valence-electron chi connectivity index (χ0n) is 15.3. The Morgan fingerprint density at radius 3 is 2.56 bits per heavy atom. The van der Waals surface area contributed by atoms with E-state index in [1.54, 1.807) is 4.90 Å². The van der Waals surface area contributed by atoms with Crippen LogP contribution in [0.5, 0.6) is 11.5 Å². The van der Waals surface area contributed by atoms with Gasteiger partial charge in [0.1, 0.15) is 13.2 Å². The molecule has 1 aliphatic carbocycles. The summed E-state index contributed by atoms with van der Waals surface area (Å²) in [7, 11) is 0. The van der Waals surface area contributed by atoms with E-state index in [-0.39, 0.29) is 36.8 Å². The second-order valence-corrected chi connectivity index (χ2v) is 7.37. The van der Waals surface area contributed by atoms with Gasteiger partial charge in [-0.1, -0.05) is 6.07 Å². The topological polar surface area (TPSA) is 85.3 Å². The number of aliphatic carboxylic acids is 1. The lowest BCUT2D eigenvalue weighted by atomic mass is 10.0. The van der Waals surface area contributed by atoms with E-state index in [0.717, 1.165) is 36.3 Å². The third-order valence-electron chi connectivity index (χ3n) is 5.58. The van der Waals surface area contributed by atoms with Gasteiger partial charge >= 0.3 is 5.97 Å². The van der Waals surface area contributed by atoms with Crippen molar-refractivity contribution < 1.29 is 28.9 Å². The zero-order valence-corrected chi connectivity index (χ0v) is 15.3. The first-order valence-corrected chi connectivity index (χ1v) is 9.63. The second-order valence-electron chi connectivity index (χ2n) is 7.37. The van der Waals surface area contributed by atoms with E-state index in [9.17, 15) is 9.59 Å². The van der Waals surface area contributed by atoms with Gasteiger partial charge in [-0.05, 0) is 42.9 Å². The largest absolute Gasteiger partial charge is 0.486 e. The van der Waals surface area contributed by atoms with Crippen molar-refractivity contribution in [2.24, 2.45) is 5.92 Å². The number of benzene rings is 1. The lowest BCUT2D eigenvalue weighted by Crippen LogP contribution is -2.45. The SMILES string of the molecule is O=C(O)CCN(C(=O)[C@H]1C[C@@H]1c1ccc2c(c1)OCCO2)C1CCOCC1. The molecular weight excluding hydrogens is 350 g/mol. The molecule has 7 nitrogen and oxygen atoms in total. The van der Waals surface area contributed by atoms with Gasteiger partial charge in [-0.15, -0.1) is 0 Å². The summed E-state index contributed by atoms with van der Waals surface area (Å²) in [6.45, 7) is 2.61. The summed E-state index contributed by atoms with van der Waals surface area (Å²) in [6, 6.07) is 5.96. The number of carboxylic acid groups (broad SMARTS) is 1. The van der Waals surface area contributed by atoms with Crippen LogP contribution in [0.2, 0.25) is 0 Å². The molecule has 2 heterocycles. The Bertz CT molecular complexity index is 714. The number of hydrogen-bond donors (Lipinski definition) is 1. The predicted molar refractivity (Wildman–Crippen MR) is 96.1 cm³/mol. The molecule has 1 aromatic carbocycles. The van der Waals surface area contributed by atoms with Crippen LogP contribution in [0, 0.1) is 5.92 Å². The molecule has 0 spiro atoms. The van der Waals surface area contributed by atoms with Gasteiger partial charge < -0.3 is 24.2 Å². The standard InChI is InChI=1S/C20H25NO6/c22-19(23)3-6-21(14-4-7-25-8-5-14)20(24)16-12-15(16)13-1-2-17-18(11-13)27-10-9-26-17/h1-2,11,14-16H,3-10,12H2,(H,22,23)/t15-,16+/m1/s1. The van der Waals surface area contributed by atoms with Crippen molar-refractivity contribution in [2.75, 3.05) is 33.0 Å². The van der Waals surface area contributed by atoms with Gasteiger partial charge in [0, 0.05) is 31.7 Å². The lowest BCUT2D eigenvalue weighted by molar-refractivity contribution is -0.141. The number of nitrogens with zero attached hydrogens (tertiary/aromatic N) is 1. The van der Waals surface area contributed by atoms with Crippen molar-refractivity contribution in [3.8, 4) is 11.5 Å². The maximum atomic E-state index is 13.1. The number of rotatable bonds is 6. The minimum atomic E-state index is -0.876. The molecule has 2 aliphatic heterocycles. The van der Waals surface area contributed by atoms with E-state index < -0.39 is 5.97 Å². The molecule has 146 valence electrons. The second kappa shape index (κ2) is 7.76. The highest BCUT2D eigenvalue weighted by molar-refractivity contribution is 5.84. The van der Waals surface area contributed by atoms with E-state index in [1.807, 2.05) is 18.2 Å². The summed E-state index contributed by atoms with van der Waals surface area (Å²) < 4.78 is 16.6. The molecule has 0 radical (unpaired) electrons. The molecule has 2 fully saturated rings. The van der Waals surface area contributed by atoms with Gasteiger partial charge in [0.15, 0.2) is 11.5 Å². The van der Waals surface area contributed by atoms with Crippen LogP contribution in [0.25, 0.3) is 0 Å². The van der Waals surface area contributed by atoms with Crippen LogP contribution in [0.4, 0.5) is 0 Å². The van der Waals surface area contributed by atoms with Crippen molar-refractivity contribution in [1.82, 2.24) is 4.90 Å². The Morgan fingerprint density at radius 1 is 1.07 bits per heavy atom. The zero-order chi connectivity index (χ0) is 18.8. The Labute approximate surface area is 158 Å². The Hall–Kier alpha value is -2.28. The van der Waals surface area contributed by atoms with Crippen molar-refractivity contribution in [3.05, 3.63) is 23.8 Å². The monoisotopic (exact) mass is 375 g/mol. The minimum Gasteiger partial charge on any atom is -0.486 e. The van der Waals surface area contributed by atoms with E-state index >= 15 is 0 Å². The van der Waals surface area contributed by atoms with Crippen LogP contribution in [0.3, 0.4) is 0 Å². The number of amides is 1. The van der Waals surface area contributed by atoms with Gasteiger partial charge in [0.25, 0.3) is 0 Å². The van der Waals surface area contributed by atoms with E-state index in [2.05, 4.69) is 0 Å². The Kier molecular flexibility index (Phi) is 5.20. The quantitative estimate of drug-likeness (QED) is 0.819. The molecule has 1 saturated carbocycles. The Morgan fingerprint density at radius 2 is 1.81 bits per heavy atom. The van der Waals surface area contributed by atoms with Crippen LogP contribution in [-0.2, 0) is 14.3 Å². The van der Waals surface area contributed by atoms with E-state index in [4.69, 9.17) is 19.3 Å². The summed E-state index contributed by atoms with van der Waals surface area (Å²) in [6.07, 6.45) is 2.31. The van der Waals surface area contributed by atoms with Crippen LogP contribution in [0.1, 0.15) is 37.2 Å². The molecule has 1 aromatic rings. The summed E-state index contributed by atoms with van der Waals surface area (Å²) in [5.41, 5.74) is 1.09. The van der Waals surface area contributed by atoms with Crippen LogP contribution in [0.15, 0.2) is 18.2 Å². The van der Waals surface area contributed by atoms with Crippen molar-refractivity contribution >= 4 is 11.9 Å². The Balaban J connectivity index is 1.45. The first-order chi connectivity index (χ1) is 13.1. The molecule has 0 aromatic heterocycles. The molecule has 1 saturated heterocycles. The van der Waals surface area contributed by atoms with E-state index in [0.29, 0.717) is 26.4 Å². The highest BCUT2D eigenvalue weighted by Crippen LogP contribution is 2.50. The molecule has 0 bridgehead atoms. The number of fused-ring (bicyclic) bond motifs is 1. The van der Waals surface area contributed by atoms with Crippen LogP contribution in [-0.4, -0.2) is 60.9 Å². The number of carboxylic acids is 1. The molecule has 1 N–H and O–H groups in total. The fourth-order valence-corrected chi connectivity index (χ4v) is 4.03. The summed E-state index contributed by atoms with van der Waals surface area (Å²) in [4.78, 5) is 25.9. The van der Waals surface area contributed by atoms with Crippen molar-refractivity contribution in [3.63, 3.8) is 0 Å². The highest BCUT2D eigenvalue weighted by Gasteiger charge is 2.47. The molecule has 7 heteroatoms. The fourth-order valence-electron chi connectivity index (χ4n) is 4.03. The van der Waals surface area contributed by atoms with Gasteiger partial charge in [-0.3, -0.25) is 9.59 Å². The smallest absolute Gasteiger partial charge is 0.305 e. The summed E-state index contributed by atoms with van der Waals surface area (Å²) in [5.74, 6) is 0.773. The fraction of sp³-hybridized carbons (Fsp3) is 0.600. The number of carbonyl (C=O) groups is 2. The minimum absolute atomic E-state index is 0.0233. The lowest BCUT2D eigenvalue weighted by Gasteiger charge is -2.34. The molecular formula is C20H25NO6. The molecule has 3 aliphatic rings. The average Bonchev–Trinajstić information content (AvgIpc) is 3.49. The normalized spacial score (nSPS) is 24.3. The number of hydrogen-bond acceptors (Lipinski definition) is 5.